The summed E-state index contributed by atoms with van der Waals surface area (Å²) in [6.45, 7) is 2.63. The molecular formula is C19H19ClN2O5. The van der Waals surface area contributed by atoms with Gasteiger partial charge in [0, 0.05) is 23.7 Å². The Bertz CT molecular complexity index is 840. The molecule has 2 aromatic rings. The first-order valence-electron chi connectivity index (χ1n) is 8.64. The maximum atomic E-state index is 12.7. The molecule has 0 bridgehead atoms. The summed E-state index contributed by atoms with van der Waals surface area (Å²) in [5.74, 6) is 0.970. The first kappa shape index (κ1) is 19.0. The van der Waals surface area contributed by atoms with Gasteiger partial charge < -0.3 is 14.4 Å². The smallest absolute Gasteiger partial charge is 0.271 e. The van der Waals surface area contributed by atoms with Crippen molar-refractivity contribution in [3.8, 4) is 11.5 Å². The number of carbonyl (C=O) groups is 1. The normalized spacial score (nSPS) is 15.9. The lowest BCUT2D eigenvalue weighted by atomic mass is 10.1. The van der Waals surface area contributed by atoms with Crippen LogP contribution in [0, 0.1) is 10.1 Å². The van der Waals surface area contributed by atoms with Gasteiger partial charge in [0.05, 0.1) is 17.2 Å². The molecule has 0 saturated heterocycles. The van der Waals surface area contributed by atoms with E-state index in [-0.39, 0.29) is 11.6 Å². The van der Waals surface area contributed by atoms with Gasteiger partial charge >= 0.3 is 0 Å². The van der Waals surface area contributed by atoms with Gasteiger partial charge in [0.1, 0.15) is 11.5 Å². The third-order valence-electron chi connectivity index (χ3n) is 4.23. The Balaban J connectivity index is 1.70. The van der Waals surface area contributed by atoms with Crippen LogP contribution in [-0.4, -0.2) is 30.1 Å². The van der Waals surface area contributed by atoms with Crippen molar-refractivity contribution in [2.75, 3.05) is 18.1 Å². The van der Waals surface area contributed by atoms with Gasteiger partial charge in [0.2, 0.25) is 0 Å². The van der Waals surface area contributed by atoms with Gasteiger partial charge in [-0.25, -0.2) is 0 Å². The maximum absolute atomic E-state index is 12.7. The standard InChI is InChI=1S/C19H19ClN2O5/c1-2-17-19(23)21(10-3-11-26-15-7-4-13(20)5-8-15)16-12-14(22(24)25)6-9-18(16)27-17/h4-9,12,17H,2-3,10-11H2,1H3. The predicted octanol–water partition coefficient (Wildman–Crippen LogP) is 4.22. The summed E-state index contributed by atoms with van der Waals surface area (Å²) in [4.78, 5) is 24.8. The molecule has 3 rings (SSSR count). The Morgan fingerprint density at radius 2 is 2.00 bits per heavy atom. The van der Waals surface area contributed by atoms with Crippen LogP contribution in [0.15, 0.2) is 42.5 Å². The monoisotopic (exact) mass is 390 g/mol. The number of non-ortho nitro benzene ring substituents is 1. The van der Waals surface area contributed by atoms with Gasteiger partial charge in [-0.1, -0.05) is 18.5 Å². The van der Waals surface area contributed by atoms with Crippen LogP contribution in [0.4, 0.5) is 11.4 Å². The zero-order valence-electron chi connectivity index (χ0n) is 14.8. The van der Waals surface area contributed by atoms with Gasteiger partial charge in [-0.15, -0.1) is 0 Å². The van der Waals surface area contributed by atoms with Gasteiger partial charge in [-0.2, -0.15) is 0 Å². The molecule has 2 aromatic carbocycles. The van der Waals surface area contributed by atoms with E-state index in [1.54, 1.807) is 35.2 Å². The fourth-order valence-electron chi connectivity index (χ4n) is 2.86. The van der Waals surface area contributed by atoms with E-state index in [2.05, 4.69) is 0 Å². The molecule has 1 unspecified atom stereocenters. The molecule has 0 aliphatic carbocycles. The second kappa shape index (κ2) is 8.26. The lowest BCUT2D eigenvalue weighted by Crippen LogP contribution is -2.46. The molecule has 8 heteroatoms. The Hall–Kier alpha value is -2.80. The molecular weight excluding hydrogens is 372 g/mol. The maximum Gasteiger partial charge on any atom is 0.271 e. The molecule has 0 saturated carbocycles. The van der Waals surface area contributed by atoms with Crippen molar-refractivity contribution < 1.29 is 19.2 Å². The molecule has 1 atom stereocenters. The Morgan fingerprint density at radius 1 is 1.26 bits per heavy atom. The van der Waals surface area contributed by atoms with Crippen molar-refractivity contribution in [1.29, 1.82) is 0 Å². The second-order valence-corrected chi connectivity index (χ2v) is 6.51. The van der Waals surface area contributed by atoms with Crippen LogP contribution in [-0.2, 0) is 4.79 Å². The number of anilines is 1. The Morgan fingerprint density at radius 3 is 2.67 bits per heavy atom. The van der Waals surface area contributed by atoms with Gasteiger partial charge in [0.25, 0.3) is 11.6 Å². The van der Waals surface area contributed by atoms with Crippen molar-refractivity contribution in [3.63, 3.8) is 0 Å². The number of hydrogen-bond donors (Lipinski definition) is 0. The van der Waals surface area contributed by atoms with Crippen LogP contribution in [0.25, 0.3) is 0 Å². The molecule has 0 N–H and O–H groups in total. The fourth-order valence-corrected chi connectivity index (χ4v) is 2.98. The van der Waals surface area contributed by atoms with Crippen LogP contribution in [0.5, 0.6) is 11.5 Å². The van der Waals surface area contributed by atoms with Crippen LogP contribution in [0.3, 0.4) is 0 Å². The highest BCUT2D eigenvalue weighted by molar-refractivity contribution is 6.30. The number of amides is 1. The zero-order chi connectivity index (χ0) is 19.4. The second-order valence-electron chi connectivity index (χ2n) is 6.07. The summed E-state index contributed by atoms with van der Waals surface area (Å²) in [6, 6.07) is 11.3. The van der Waals surface area contributed by atoms with E-state index in [0.717, 1.165) is 0 Å². The summed E-state index contributed by atoms with van der Waals surface area (Å²) >= 11 is 5.84. The first-order chi connectivity index (χ1) is 13.0. The van der Waals surface area contributed by atoms with E-state index >= 15 is 0 Å². The minimum Gasteiger partial charge on any atom is -0.494 e. The molecule has 1 aliphatic rings. The van der Waals surface area contributed by atoms with E-state index in [1.807, 2.05) is 6.92 Å². The summed E-state index contributed by atoms with van der Waals surface area (Å²) < 4.78 is 11.3. The number of halogens is 1. The molecule has 1 aliphatic heterocycles. The highest BCUT2D eigenvalue weighted by Crippen LogP contribution is 2.37. The summed E-state index contributed by atoms with van der Waals surface area (Å²) in [6.07, 6.45) is 0.496. The van der Waals surface area contributed by atoms with Crippen LogP contribution >= 0.6 is 11.6 Å². The molecule has 0 spiro atoms. The molecule has 7 nitrogen and oxygen atoms in total. The number of nitrogens with zero attached hydrogens (tertiary/aromatic N) is 2. The Labute approximate surface area is 161 Å². The molecule has 0 fully saturated rings. The average molecular weight is 391 g/mol. The summed E-state index contributed by atoms with van der Waals surface area (Å²) in [7, 11) is 0. The van der Waals surface area contributed by atoms with Gasteiger partial charge in [-0.3, -0.25) is 14.9 Å². The van der Waals surface area contributed by atoms with Crippen molar-refractivity contribution in [2.45, 2.75) is 25.9 Å². The van der Waals surface area contributed by atoms with Gasteiger partial charge in [-0.05, 0) is 43.2 Å². The van der Waals surface area contributed by atoms with Crippen molar-refractivity contribution in [1.82, 2.24) is 0 Å². The number of hydrogen-bond acceptors (Lipinski definition) is 5. The third-order valence-corrected chi connectivity index (χ3v) is 4.49. The number of rotatable bonds is 7. The number of benzene rings is 2. The highest BCUT2D eigenvalue weighted by atomic mass is 35.5. The highest BCUT2D eigenvalue weighted by Gasteiger charge is 2.34. The number of nitro benzene ring substituents is 1. The van der Waals surface area contributed by atoms with Crippen molar-refractivity contribution in [2.24, 2.45) is 0 Å². The number of fused-ring (bicyclic) bond motifs is 1. The van der Waals surface area contributed by atoms with E-state index < -0.39 is 11.0 Å². The van der Waals surface area contributed by atoms with Gasteiger partial charge in [0.15, 0.2) is 6.10 Å². The van der Waals surface area contributed by atoms with Crippen molar-refractivity contribution in [3.05, 3.63) is 57.6 Å². The largest absolute Gasteiger partial charge is 0.494 e. The van der Waals surface area contributed by atoms with E-state index in [1.165, 1.54) is 12.1 Å². The molecule has 1 amide bonds. The lowest BCUT2D eigenvalue weighted by Gasteiger charge is -2.33. The fraction of sp³-hybridized carbons (Fsp3) is 0.316. The van der Waals surface area contributed by atoms with E-state index in [9.17, 15) is 14.9 Å². The summed E-state index contributed by atoms with van der Waals surface area (Å²) in [5, 5.41) is 11.7. The average Bonchev–Trinajstić information content (AvgIpc) is 2.67. The first-order valence-corrected chi connectivity index (χ1v) is 9.02. The van der Waals surface area contributed by atoms with Crippen LogP contribution in [0.1, 0.15) is 19.8 Å². The zero-order valence-corrected chi connectivity index (χ0v) is 15.5. The molecule has 27 heavy (non-hydrogen) atoms. The lowest BCUT2D eigenvalue weighted by molar-refractivity contribution is -0.384. The van der Waals surface area contributed by atoms with Crippen molar-refractivity contribution >= 4 is 28.9 Å². The van der Waals surface area contributed by atoms with E-state index in [4.69, 9.17) is 21.1 Å². The van der Waals surface area contributed by atoms with Crippen LogP contribution < -0.4 is 14.4 Å². The molecule has 142 valence electrons. The van der Waals surface area contributed by atoms with E-state index in [0.29, 0.717) is 48.2 Å². The van der Waals surface area contributed by atoms with Crippen LogP contribution in [0.2, 0.25) is 5.02 Å². The molecule has 0 radical (unpaired) electrons. The minimum absolute atomic E-state index is 0.0810. The SMILES string of the molecule is CCC1Oc2ccc([N+](=O)[O-])cc2N(CCCOc2ccc(Cl)cc2)C1=O. The minimum atomic E-state index is -0.587. The molecule has 1 heterocycles. The Kier molecular flexibility index (Phi) is 5.81. The number of carbonyl (C=O) groups excluding carboxylic acids is 1. The topological polar surface area (TPSA) is 81.9 Å². The number of nitro groups is 1. The predicted molar refractivity (Wildman–Crippen MR) is 102 cm³/mol. The summed E-state index contributed by atoms with van der Waals surface area (Å²) in [5.41, 5.74) is 0.341. The third kappa shape index (κ3) is 4.31. The quantitative estimate of drug-likeness (QED) is 0.401. The number of ether oxygens (including phenoxy) is 2. The molecule has 0 aromatic heterocycles.